The number of hydrogen-bond donors (Lipinski definition) is 1. The second kappa shape index (κ2) is 8.17. The largest absolute Gasteiger partial charge is 0.465 e. The van der Waals surface area contributed by atoms with Gasteiger partial charge in [-0.1, -0.05) is 36.4 Å². The topological polar surface area (TPSA) is 51.2 Å². The lowest BCUT2D eigenvalue weighted by atomic mass is 10.1. The van der Waals surface area contributed by atoms with Crippen molar-refractivity contribution in [2.75, 3.05) is 13.2 Å². The predicted molar refractivity (Wildman–Crippen MR) is 81.8 cm³/mol. The Balaban J connectivity index is 1.98. The van der Waals surface area contributed by atoms with Gasteiger partial charge < -0.3 is 10.1 Å². The van der Waals surface area contributed by atoms with E-state index in [9.17, 15) is 4.79 Å². The first-order valence-electron chi connectivity index (χ1n) is 7.15. The molecule has 0 fully saturated rings. The minimum absolute atomic E-state index is 0.241. The van der Waals surface area contributed by atoms with Gasteiger partial charge >= 0.3 is 5.97 Å². The average molecular weight is 284 g/mol. The Labute approximate surface area is 125 Å². The van der Waals surface area contributed by atoms with E-state index in [2.05, 4.69) is 10.3 Å². The van der Waals surface area contributed by atoms with E-state index < -0.39 is 6.04 Å². The summed E-state index contributed by atoms with van der Waals surface area (Å²) in [5.41, 5.74) is 2.06. The summed E-state index contributed by atoms with van der Waals surface area (Å²) in [6, 6.07) is 13.1. The van der Waals surface area contributed by atoms with Crippen molar-refractivity contribution in [2.24, 2.45) is 0 Å². The molecule has 0 spiro atoms. The van der Waals surface area contributed by atoms with Crippen LogP contribution in [0, 0.1) is 0 Å². The average Bonchev–Trinajstić information content (AvgIpc) is 2.53. The van der Waals surface area contributed by atoms with E-state index in [1.165, 1.54) is 0 Å². The van der Waals surface area contributed by atoms with Crippen LogP contribution in [0.5, 0.6) is 0 Å². The van der Waals surface area contributed by atoms with Crippen LogP contribution >= 0.6 is 0 Å². The Morgan fingerprint density at radius 2 is 2.05 bits per heavy atom. The van der Waals surface area contributed by atoms with Gasteiger partial charge in [0.25, 0.3) is 0 Å². The lowest BCUT2D eigenvalue weighted by Crippen LogP contribution is -2.31. The fourth-order valence-electron chi connectivity index (χ4n) is 2.12. The van der Waals surface area contributed by atoms with Crippen LogP contribution in [0.1, 0.15) is 24.1 Å². The van der Waals surface area contributed by atoms with Gasteiger partial charge in [-0.3, -0.25) is 4.98 Å². The second-order valence-corrected chi connectivity index (χ2v) is 4.66. The molecule has 1 atom stereocenters. The standard InChI is InChI=1S/C17H20N2O2/c1-2-21-17(20)16(15-8-4-3-5-9-15)19-12-10-14-7-6-11-18-13-14/h3-9,11,13,16,19H,2,10,12H2,1H3. The third kappa shape index (κ3) is 4.68. The molecule has 0 amide bonds. The van der Waals surface area contributed by atoms with Crippen molar-refractivity contribution in [3.05, 3.63) is 66.0 Å². The second-order valence-electron chi connectivity index (χ2n) is 4.66. The molecule has 110 valence electrons. The zero-order chi connectivity index (χ0) is 14.9. The molecule has 0 aliphatic rings. The first kappa shape index (κ1) is 15.2. The van der Waals surface area contributed by atoms with Crippen molar-refractivity contribution in [3.63, 3.8) is 0 Å². The summed E-state index contributed by atoms with van der Waals surface area (Å²) in [7, 11) is 0. The van der Waals surface area contributed by atoms with Crippen LogP contribution in [-0.4, -0.2) is 24.1 Å². The number of esters is 1. The summed E-state index contributed by atoms with van der Waals surface area (Å²) in [6.45, 7) is 2.88. The molecule has 0 saturated heterocycles. The van der Waals surface area contributed by atoms with Crippen molar-refractivity contribution in [2.45, 2.75) is 19.4 Å². The van der Waals surface area contributed by atoms with Gasteiger partial charge in [-0.2, -0.15) is 0 Å². The van der Waals surface area contributed by atoms with Crippen LogP contribution in [-0.2, 0) is 16.0 Å². The Bertz CT molecular complexity index is 543. The monoisotopic (exact) mass is 284 g/mol. The molecular weight excluding hydrogens is 264 g/mol. The molecule has 1 aromatic carbocycles. The molecule has 0 bridgehead atoms. The molecule has 4 nitrogen and oxygen atoms in total. The normalized spacial score (nSPS) is 11.9. The lowest BCUT2D eigenvalue weighted by Gasteiger charge is -2.17. The Morgan fingerprint density at radius 1 is 1.24 bits per heavy atom. The van der Waals surface area contributed by atoms with Gasteiger partial charge in [-0.15, -0.1) is 0 Å². The third-order valence-electron chi connectivity index (χ3n) is 3.14. The maximum atomic E-state index is 12.1. The van der Waals surface area contributed by atoms with Crippen LogP contribution < -0.4 is 5.32 Å². The molecule has 0 saturated carbocycles. The van der Waals surface area contributed by atoms with E-state index in [4.69, 9.17) is 4.74 Å². The van der Waals surface area contributed by atoms with Crippen molar-refractivity contribution in [1.82, 2.24) is 10.3 Å². The third-order valence-corrected chi connectivity index (χ3v) is 3.14. The molecule has 0 aliphatic heterocycles. The summed E-state index contributed by atoms with van der Waals surface area (Å²) in [5.74, 6) is -0.241. The highest BCUT2D eigenvalue weighted by Gasteiger charge is 2.20. The molecule has 0 aliphatic carbocycles. The summed E-state index contributed by atoms with van der Waals surface area (Å²) in [5, 5.41) is 3.27. The molecule has 0 radical (unpaired) electrons. The number of pyridine rings is 1. The first-order chi connectivity index (χ1) is 10.3. The highest BCUT2D eigenvalue weighted by molar-refractivity contribution is 5.77. The quantitative estimate of drug-likeness (QED) is 0.794. The Kier molecular flexibility index (Phi) is 5.91. The van der Waals surface area contributed by atoms with Crippen molar-refractivity contribution in [1.29, 1.82) is 0 Å². The van der Waals surface area contributed by atoms with Gasteiger partial charge in [0.1, 0.15) is 6.04 Å². The molecule has 1 N–H and O–H groups in total. The van der Waals surface area contributed by atoms with Crippen LogP contribution in [0.2, 0.25) is 0 Å². The van der Waals surface area contributed by atoms with E-state index in [1.54, 1.807) is 6.20 Å². The van der Waals surface area contributed by atoms with E-state index in [-0.39, 0.29) is 5.97 Å². The predicted octanol–water partition coefficient (Wildman–Crippen LogP) is 2.52. The number of benzene rings is 1. The molecule has 21 heavy (non-hydrogen) atoms. The molecule has 1 unspecified atom stereocenters. The number of hydrogen-bond acceptors (Lipinski definition) is 4. The SMILES string of the molecule is CCOC(=O)C(NCCc1cccnc1)c1ccccc1. The molecular formula is C17H20N2O2. The summed E-state index contributed by atoms with van der Waals surface area (Å²) in [4.78, 5) is 16.2. The summed E-state index contributed by atoms with van der Waals surface area (Å²) in [6.07, 6.45) is 4.41. The van der Waals surface area contributed by atoms with Gasteiger partial charge in [0.15, 0.2) is 0 Å². The van der Waals surface area contributed by atoms with Gasteiger partial charge in [0.2, 0.25) is 0 Å². The number of nitrogens with one attached hydrogen (secondary N) is 1. The zero-order valence-corrected chi connectivity index (χ0v) is 12.2. The smallest absolute Gasteiger partial charge is 0.327 e. The highest BCUT2D eigenvalue weighted by atomic mass is 16.5. The van der Waals surface area contributed by atoms with Crippen molar-refractivity contribution >= 4 is 5.97 Å². The summed E-state index contributed by atoms with van der Waals surface area (Å²) >= 11 is 0. The van der Waals surface area contributed by atoms with E-state index in [0.29, 0.717) is 13.2 Å². The Hall–Kier alpha value is -2.20. The van der Waals surface area contributed by atoms with Crippen LogP contribution in [0.3, 0.4) is 0 Å². The van der Waals surface area contributed by atoms with Gasteiger partial charge in [-0.25, -0.2) is 4.79 Å². The van der Waals surface area contributed by atoms with Crippen molar-refractivity contribution < 1.29 is 9.53 Å². The van der Waals surface area contributed by atoms with E-state index in [0.717, 1.165) is 17.5 Å². The van der Waals surface area contributed by atoms with Crippen LogP contribution in [0.4, 0.5) is 0 Å². The van der Waals surface area contributed by atoms with E-state index in [1.807, 2.05) is 55.6 Å². The maximum absolute atomic E-state index is 12.1. The maximum Gasteiger partial charge on any atom is 0.327 e. The number of carbonyl (C=O) groups excluding carboxylic acids is 1. The highest BCUT2D eigenvalue weighted by Crippen LogP contribution is 2.14. The van der Waals surface area contributed by atoms with Gasteiger partial charge in [0, 0.05) is 18.9 Å². The van der Waals surface area contributed by atoms with Crippen LogP contribution in [0.25, 0.3) is 0 Å². The zero-order valence-electron chi connectivity index (χ0n) is 12.2. The minimum Gasteiger partial charge on any atom is -0.465 e. The lowest BCUT2D eigenvalue weighted by molar-refractivity contribution is -0.145. The first-order valence-corrected chi connectivity index (χ1v) is 7.15. The number of nitrogens with zero attached hydrogens (tertiary/aromatic N) is 1. The Morgan fingerprint density at radius 3 is 2.71 bits per heavy atom. The number of ether oxygens (including phenoxy) is 1. The van der Waals surface area contributed by atoms with Gasteiger partial charge in [-0.05, 0) is 30.5 Å². The number of rotatable bonds is 7. The minimum atomic E-state index is -0.428. The molecule has 2 aromatic rings. The van der Waals surface area contributed by atoms with E-state index >= 15 is 0 Å². The van der Waals surface area contributed by atoms with Crippen molar-refractivity contribution in [3.8, 4) is 0 Å². The van der Waals surface area contributed by atoms with Crippen LogP contribution in [0.15, 0.2) is 54.9 Å². The summed E-state index contributed by atoms with van der Waals surface area (Å²) < 4.78 is 5.15. The fraction of sp³-hybridized carbons (Fsp3) is 0.294. The van der Waals surface area contributed by atoms with Gasteiger partial charge in [0.05, 0.1) is 6.61 Å². The molecule has 1 heterocycles. The molecule has 1 aromatic heterocycles. The fourth-order valence-corrected chi connectivity index (χ4v) is 2.12. The molecule has 4 heteroatoms. The number of aromatic nitrogens is 1. The number of carbonyl (C=O) groups is 1. The molecule has 2 rings (SSSR count).